The van der Waals surface area contributed by atoms with Gasteiger partial charge in [0.05, 0.1) is 24.2 Å². The van der Waals surface area contributed by atoms with Gasteiger partial charge in [-0.25, -0.2) is 4.98 Å². The molecule has 7 heteroatoms. The van der Waals surface area contributed by atoms with Gasteiger partial charge in [-0.1, -0.05) is 43.5 Å². The van der Waals surface area contributed by atoms with Crippen molar-refractivity contribution in [1.29, 1.82) is 0 Å². The van der Waals surface area contributed by atoms with Gasteiger partial charge in [-0.15, -0.1) is 0 Å². The van der Waals surface area contributed by atoms with Crippen molar-refractivity contribution in [3.63, 3.8) is 0 Å². The minimum atomic E-state index is -1.04. The fraction of sp³-hybridized carbons (Fsp3) is 0.444. The molecule has 2 heterocycles. The zero-order valence-electron chi connectivity index (χ0n) is 19.9. The van der Waals surface area contributed by atoms with Crippen molar-refractivity contribution in [2.75, 3.05) is 6.61 Å². The molecular weight excluding hydrogens is 428 g/mol. The van der Waals surface area contributed by atoms with Crippen LogP contribution in [-0.2, 0) is 17.9 Å². The first kappa shape index (κ1) is 22.4. The van der Waals surface area contributed by atoms with Crippen LogP contribution in [0.1, 0.15) is 62.1 Å². The molecule has 1 aliphatic carbocycles. The van der Waals surface area contributed by atoms with Crippen LogP contribution in [0.5, 0.6) is 5.75 Å². The average Bonchev–Trinajstić information content (AvgIpc) is 3.22. The Balaban J connectivity index is 1.51. The van der Waals surface area contributed by atoms with E-state index in [1.54, 1.807) is 4.90 Å². The Morgan fingerprint density at radius 1 is 1.12 bits per heavy atom. The van der Waals surface area contributed by atoms with Gasteiger partial charge >= 0.3 is 0 Å². The van der Waals surface area contributed by atoms with Crippen LogP contribution < -0.4 is 10.1 Å². The van der Waals surface area contributed by atoms with E-state index < -0.39 is 5.54 Å². The molecule has 1 fully saturated rings. The highest BCUT2D eigenvalue weighted by atomic mass is 16.5. The summed E-state index contributed by atoms with van der Waals surface area (Å²) in [5, 5.41) is 3.28. The summed E-state index contributed by atoms with van der Waals surface area (Å²) in [4.78, 5) is 33.9. The number of hydrogen-bond donors (Lipinski definition) is 1. The Bertz CT molecular complexity index is 1200. The third-order valence-electron chi connectivity index (χ3n) is 7.16. The smallest absolute Gasteiger partial charge is 0.291 e. The zero-order chi connectivity index (χ0) is 23.7. The normalized spacial score (nSPS) is 20.9. The second-order valence-electron chi connectivity index (χ2n) is 9.56. The maximum Gasteiger partial charge on any atom is 0.291 e. The standard InChI is InChI=1S/C27H32N4O3/c1-3-34-21-15-13-19(14-16-21)17-31-25(32)24-29-22-11-7-8-12-23(22)30(24)18-27(31,2)26(33)28-20-9-5-4-6-10-20/h7-8,11-16,20H,3-6,9-10,17-18H2,1-2H3,(H,28,33)/t27-/m0/s1. The molecule has 5 rings (SSSR count). The molecule has 1 aromatic heterocycles. The van der Waals surface area contributed by atoms with Crippen LogP contribution in [0, 0.1) is 0 Å². The Morgan fingerprint density at radius 2 is 1.85 bits per heavy atom. The van der Waals surface area contributed by atoms with Crippen LogP contribution in [0.15, 0.2) is 48.5 Å². The van der Waals surface area contributed by atoms with Gasteiger partial charge in [0.15, 0.2) is 5.82 Å². The summed E-state index contributed by atoms with van der Waals surface area (Å²) in [6.07, 6.45) is 5.47. The summed E-state index contributed by atoms with van der Waals surface area (Å²) in [5.41, 5.74) is 1.55. The lowest BCUT2D eigenvalue weighted by Crippen LogP contribution is -2.64. The number of amides is 2. The lowest BCUT2D eigenvalue weighted by atomic mass is 9.91. The van der Waals surface area contributed by atoms with Gasteiger partial charge in [0.25, 0.3) is 5.91 Å². The molecule has 0 saturated heterocycles. The van der Waals surface area contributed by atoms with E-state index in [0.29, 0.717) is 25.5 Å². The predicted octanol–water partition coefficient (Wildman–Crippen LogP) is 4.30. The molecule has 2 aliphatic rings. The third-order valence-corrected chi connectivity index (χ3v) is 7.16. The Hall–Kier alpha value is -3.35. The Morgan fingerprint density at radius 3 is 2.59 bits per heavy atom. The molecule has 1 N–H and O–H groups in total. The van der Waals surface area contributed by atoms with E-state index in [1.807, 2.05) is 66.9 Å². The summed E-state index contributed by atoms with van der Waals surface area (Å²) in [5.74, 6) is 0.852. The van der Waals surface area contributed by atoms with Crippen LogP contribution >= 0.6 is 0 Å². The molecule has 0 unspecified atom stereocenters. The number of imidazole rings is 1. The largest absolute Gasteiger partial charge is 0.494 e. The molecule has 34 heavy (non-hydrogen) atoms. The molecule has 0 bridgehead atoms. The second-order valence-corrected chi connectivity index (χ2v) is 9.56. The van der Waals surface area contributed by atoms with E-state index in [2.05, 4.69) is 10.3 Å². The van der Waals surface area contributed by atoms with Crippen molar-refractivity contribution in [3.05, 3.63) is 59.9 Å². The van der Waals surface area contributed by atoms with Crippen LogP contribution in [0.2, 0.25) is 0 Å². The van der Waals surface area contributed by atoms with E-state index in [0.717, 1.165) is 48.0 Å². The number of para-hydroxylation sites is 2. The maximum atomic E-state index is 13.8. The minimum Gasteiger partial charge on any atom is -0.494 e. The molecular formula is C27H32N4O3. The SMILES string of the molecule is CCOc1ccc(CN2C(=O)c3nc4ccccc4n3C[C@@]2(C)C(=O)NC2CCCCC2)cc1. The summed E-state index contributed by atoms with van der Waals surface area (Å²) < 4.78 is 7.47. The number of nitrogens with one attached hydrogen (secondary N) is 1. The van der Waals surface area contributed by atoms with Crippen molar-refractivity contribution in [3.8, 4) is 5.75 Å². The van der Waals surface area contributed by atoms with E-state index in [-0.39, 0.29) is 17.9 Å². The van der Waals surface area contributed by atoms with Crippen LogP contribution in [0.3, 0.4) is 0 Å². The van der Waals surface area contributed by atoms with E-state index in [1.165, 1.54) is 6.42 Å². The van der Waals surface area contributed by atoms with E-state index in [4.69, 9.17) is 4.74 Å². The summed E-state index contributed by atoms with van der Waals surface area (Å²) >= 11 is 0. The second kappa shape index (κ2) is 9.12. The number of benzene rings is 2. The number of hydrogen-bond acceptors (Lipinski definition) is 4. The molecule has 2 aromatic carbocycles. The van der Waals surface area contributed by atoms with Crippen molar-refractivity contribution in [2.45, 2.75) is 70.6 Å². The highest BCUT2D eigenvalue weighted by Gasteiger charge is 2.48. The van der Waals surface area contributed by atoms with Gasteiger partial charge in [0.2, 0.25) is 5.91 Å². The predicted molar refractivity (Wildman–Crippen MR) is 131 cm³/mol. The summed E-state index contributed by atoms with van der Waals surface area (Å²) in [6, 6.07) is 15.6. The van der Waals surface area contributed by atoms with Gasteiger partial charge in [0, 0.05) is 12.6 Å². The molecule has 2 amide bonds. The number of carbonyl (C=O) groups is 2. The fourth-order valence-corrected chi connectivity index (χ4v) is 5.21. The molecule has 3 aromatic rings. The molecule has 7 nitrogen and oxygen atoms in total. The lowest BCUT2D eigenvalue weighted by molar-refractivity contribution is -0.134. The van der Waals surface area contributed by atoms with Crippen LogP contribution in [-0.4, -0.2) is 44.5 Å². The molecule has 1 saturated carbocycles. The van der Waals surface area contributed by atoms with Crippen LogP contribution in [0.4, 0.5) is 0 Å². The van der Waals surface area contributed by atoms with Gasteiger partial charge in [-0.3, -0.25) is 9.59 Å². The van der Waals surface area contributed by atoms with Gasteiger partial charge in [-0.05, 0) is 56.5 Å². The topological polar surface area (TPSA) is 76.5 Å². The monoisotopic (exact) mass is 460 g/mol. The molecule has 178 valence electrons. The molecule has 1 aliphatic heterocycles. The quantitative estimate of drug-likeness (QED) is 0.595. The highest BCUT2D eigenvalue weighted by Crippen LogP contribution is 2.32. The zero-order valence-corrected chi connectivity index (χ0v) is 19.9. The molecule has 1 atom stereocenters. The van der Waals surface area contributed by atoms with E-state index >= 15 is 0 Å². The number of nitrogens with zero attached hydrogens (tertiary/aromatic N) is 3. The van der Waals surface area contributed by atoms with Gasteiger partial charge in [-0.2, -0.15) is 0 Å². The van der Waals surface area contributed by atoms with Crippen molar-refractivity contribution in [1.82, 2.24) is 19.8 Å². The molecule has 0 spiro atoms. The first-order chi connectivity index (χ1) is 16.5. The van der Waals surface area contributed by atoms with Crippen molar-refractivity contribution in [2.24, 2.45) is 0 Å². The van der Waals surface area contributed by atoms with Crippen molar-refractivity contribution < 1.29 is 14.3 Å². The van der Waals surface area contributed by atoms with Crippen molar-refractivity contribution >= 4 is 22.8 Å². The Labute approximate surface area is 200 Å². The number of carbonyl (C=O) groups excluding carboxylic acids is 2. The van der Waals surface area contributed by atoms with Crippen LogP contribution in [0.25, 0.3) is 11.0 Å². The summed E-state index contributed by atoms with van der Waals surface area (Å²) in [6.45, 7) is 5.12. The molecule has 0 radical (unpaired) electrons. The number of ether oxygens (including phenoxy) is 1. The fourth-order valence-electron chi connectivity index (χ4n) is 5.21. The minimum absolute atomic E-state index is 0.0953. The number of aromatic nitrogens is 2. The first-order valence-corrected chi connectivity index (χ1v) is 12.3. The lowest BCUT2D eigenvalue weighted by Gasteiger charge is -2.44. The van der Waals surface area contributed by atoms with E-state index in [9.17, 15) is 9.59 Å². The Kier molecular flexibility index (Phi) is 6.02. The number of fused-ring (bicyclic) bond motifs is 3. The van der Waals surface area contributed by atoms with Gasteiger partial charge in [0.1, 0.15) is 11.3 Å². The average molecular weight is 461 g/mol. The third kappa shape index (κ3) is 4.04. The first-order valence-electron chi connectivity index (χ1n) is 12.3. The highest BCUT2D eigenvalue weighted by molar-refractivity contribution is 6.01. The van der Waals surface area contributed by atoms with Gasteiger partial charge < -0.3 is 19.5 Å². The maximum absolute atomic E-state index is 13.8. The number of rotatable bonds is 6. The summed E-state index contributed by atoms with van der Waals surface area (Å²) in [7, 11) is 0.